The van der Waals surface area contributed by atoms with Crippen molar-refractivity contribution in [2.75, 3.05) is 12.0 Å². The molecule has 182 valence electrons. The Hall–Kier alpha value is -3.40. The third-order valence-electron chi connectivity index (χ3n) is 7.26. The number of fused-ring (bicyclic) bond motifs is 2. The van der Waals surface area contributed by atoms with Gasteiger partial charge in [0.05, 0.1) is 24.9 Å². The Morgan fingerprint density at radius 2 is 1.91 bits per heavy atom. The molecule has 4 atom stereocenters. The average Bonchev–Trinajstić information content (AvgIpc) is 3.62. The number of nitrogens with zero attached hydrogens (tertiary/aromatic N) is 5. The topological polar surface area (TPSA) is 96.3 Å². The molecule has 4 heterocycles. The molecule has 35 heavy (non-hydrogen) atoms. The van der Waals surface area contributed by atoms with Gasteiger partial charge in [-0.2, -0.15) is 4.39 Å². The number of rotatable bonds is 6. The molecule has 8 nitrogen and oxygen atoms in total. The average molecular weight is 481 g/mol. The summed E-state index contributed by atoms with van der Waals surface area (Å²) in [6.45, 7) is 0. The number of halogens is 2. The van der Waals surface area contributed by atoms with Gasteiger partial charge in [0, 0.05) is 29.9 Å². The smallest absolute Gasteiger partial charge is 0.255 e. The summed E-state index contributed by atoms with van der Waals surface area (Å²) in [6.07, 6.45) is 6.71. The Morgan fingerprint density at radius 1 is 1.06 bits per heavy atom. The second-order valence-corrected chi connectivity index (χ2v) is 9.52. The molecule has 0 radical (unpaired) electrons. The van der Waals surface area contributed by atoms with Crippen molar-refractivity contribution in [3.8, 4) is 34.0 Å². The zero-order valence-corrected chi connectivity index (χ0v) is 19.2. The molecule has 3 aromatic rings. The number of piperidine rings is 1. The van der Waals surface area contributed by atoms with Gasteiger partial charge in [0.25, 0.3) is 5.95 Å². The predicted octanol–water partition coefficient (Wildman–Crippen LogP) is 3.65. The molecule has 10 heteroatoms. The van der Waals surface area contributed by atoms with Crippen molar-refractivity contribution in [2.24, 2.45) is 0 Å². The molecule has 0 unspecified atom stereocenters. The van der Waals surface area contributed by atoms with E-state index < -0.39 is 12.1 Å². The maximum absolute atomic E-state index is 15.3. The second kappa shape index (κ2) is 8.67. The van der Waals surface area contributed by atoms with Gasteiger partial charge in [0.15, 0.2) is 17.4 Å². The Balaban J connectivity index is 1.26. The number of hydrogen-bond donors (Lipinski definition) is 2. The second-order valence-electron chi connectivity index (χ2n) is 9.52. The first-order valence-corrected chi connectivity index (χ1v) is 11.9. The molecular formula is C25H26F2N6O2. The summed E-state index contributed by atoms with van der Waals surface area (Å²) in [5, 5.41) is 22.7. The van der Waals surface area contributed by atoms with Crippen LogP contribution in [-0.4, -0.2) is 62.7 Å². The Labute approximate surface area is 201 Å². The minimum absolute atomic E-state index is 0.0201. The van der Waals surface area contributed by atoms with E-state index >= 15 is 4.39 Å². The van der Waals surface area contributed by atoms with E-state index in [1.54, 1.807) is 18.3 Å². The van der Waals surface area contributed by atoms with Gasteiger partial charge in [-0.05, 0) is 55.9 Å². The van der Waals surface area contributed by atoms with E-state index in [0.717, 1.165) is 32.1 Å². The normalized spacial score (nSPS) is 25.5. The lowest BCUT2D eigenvalue weighted by molar-refractivity contribution is 0.171. The Bertz CT molecular complexity index is 1240. The Morgan fingerprint density at radius 3 is 2.63 bits per heavy atom. The van der Waals surface area contributed by atoms with Crippen molar-refractivity contribution >= 4 is 5.82 Å². The molecule has 3 aliphatic rings. The van der Waals surface area contributed by atoms with E-state index in [1.807, 2.05) is 0 Å². The van der Waals surface area contributed by atoms with Crippen molar-refractivity contribution in [3.63, 3.8) is 0 Å². The van der Waals surface area contributed by atoms with Crippen molar-refractivity contribution in [1.82, 2.24) is 25.5 Å². The van der Waals surface area contributed by atoms with Crippen molar-refractivity contribution in [1.29, 1.82) is 0 Å². The highest BCUT2D eigenvalue weighted by Gasteiger charge is 2.48. The zero-order valence-electron chi connectivity index (χ0n) is 19.2. The number of ether oxygens (including phenoxy) is 1. The molecule has 2 aliphatic heterocycles. The summed E-state index contributed by atoms with van der Waals surface area (Å²) in [4.78, 5) is 10.2. The molecule has 2 saturated heterocycles. The van der Waals surface area contributed by atoms with Crippen LogP contribution in [0.1, 0.15) is 32.1 Å². The highest BCUT2D eigenvalue weighted by Crippen LogP contribution is 2.40. The van der Waals surface area contributed by atoms with Crippen LogP contribution in [0, 0.1) is 5.95 Å². The van der Waals surface area contributed by atoms with Crippen molar-refractivity contribution in [3.05, 3.63) is 42.6 Å². The number of aromatic hydroxyl groups is 1. The van der Waals surface area contributed by atoms with Gasteiger partial charge < -0.3 is 20.1 Å². The van der Waals surface area contributed by atoms with Crippen LogP contribution < -0.4 is 15.0 Å². The third kappa shape index (κ3) is 4.05. The number of anilines is 1. The number of aromatic nitrogens is 4. The van der Waals surface area contributed by atoms with Crippen LogP contribution in [0.25, 0.3) is 22.5 Å². The van der Waals surface area contributed by atoms with E-state index in [4.69, 9.17) is 4.74 Å². The largest absolute Gasteiger partial charge is 0.507 e. The lowest BCUT2D eigenvalue weighted by Gasteiger charge is -2.40. The third-order valence-corrected chi connectivity index (χ3v) is 7.26. The summed E-state index contributed by atoms with van der Waals surface area (Å²) < 4.78 is 33.9. The number of nitrogens with one attached hydrogen (secondary N) is 1. The van der Waals surface area contributed by atoms with Crippen molar-refractivity contribution in [2.45, 2.75) is 62.4 Å². The van der Waals surface area contributed by atoms with Crippen LogP contribution in [-0.2, 0) is 0 Å². The number of phenols is 1. The number of methoxy groups -OCH3 is 1. The monoisotopic (exact) mass is 480 g/mol. The van der Waals surface area contributed by atoms with Gasteiger partial charge in [0.1, 0.15) is 11.9 Å². The molecular weight excluding hydrogens is 454 g/mol. The summed E-state index contributed by atoms with van der Waals surface area (Å²) in [7, 11) is 1.37. The lowest BCUT2D eigenvalue weighted by atomic mass is 9.96. The van der Waals surface area contributed by atoms with Gasteiger partial charge in [-0.25, -0.2) is 14.4 Å². The number of benzene rings is 1. The molecule has 1 aromatic carbocycles. The fourth-order valence-electron chi connectivity index (χ4n) is 5.36. The molecule has 3 fully saturated rings. The zero-order chi connectivity index (χ0) is 24.1. The lowest BCUT2D eigenvalue weighted by Crippen LogP contribution is -2.57. The minimum Gasteiger partial charge on any atom is -0.507 e. The first-order chi connectivity index (χ1) is 17.0. The minimum atomic E-state index is -0.952. The SMILES string of the molecule is COc1cc(-c2ccc(-c3ncc(N(C4CC4)[C@H]4C[C@H]5CC[C@H](N5)[C@H]4F)nn3)c(O)c2)cnc1F. The summed E-state index contributed by atoms with van der Waals surface area (Å²) in [5.74, 6) is 0.120. The summed E-state index contributed by atoms with van der Waals surface area (Å²) >= 11 is 0. The molecule has 1 saturated carbocycles. The fraction of sp³-hybridized carbons (Fsp3) is 0.440. The van der Waals surface area contributed by atoms with E-state index in [2.05, 4.69) is 30.4 Å². The van der Waals surface area contributed by atoms with E-state index in [9.17, 15) is 9.50 Å². The number of pyridine rings is 1. The number of phenolic OH excluding ortho intramolecular Hbond substituents is 1. The van der Waals surface area contributed by atoms with Gasteiger partial charge in [-0.1, -0.05) is 6.07 Å². The molecule has 1 aliphatic carbocycles. The van der Waals surface area contributed by atoms with Gasteiger partial charge in [-0.3, -0.25) is 0 Å². The highest BCUT2D eigenvalue weighted by molar-refractivity contribution is 5.73. The first-order valence-electron chi connectivity index (χ1n) is 11.9. The first kappa shape index (κ1) is 22.1. The standard InChI is InChI=1S/C25H26F2N6O2/c1-35-21-9-14(11-28-24(21)27)13-2-6-17(20(34)8-13)25-29-12-22(31-32-25)33(16-4-5-16)19-10-15-3-7-18(30-15)23(19)26/h2,6,8-9,11-12,15-16,18-19,23,30,34H,3-5,7,10H2,1H3/t15-,18+,19+,23-/m1/s1. The highest BCUT2D eigenvalue weighted by atomic mass is 19.1. The maximum atomic E-state index is 15.3. The van der Waals surface area contributed by atoms with Crippen LogP contribution in [0.5, 0.6) is 11.5 Å². The molecule has 2 aromatic heterocycles. The van der Waals surface area contributed by atoms with Crippen molar-refractivity contribution < 1.29 is 18.6 Å². The van der Waals surface area contributed by atoms with Crippen LogP contribution >= 0.6 is 0 Å². The molecule has 0 amide bonds. The predicted molar refractivity (Wildman–Crippen MR) is 125 cm³/mol. The number of alkyl halides is 1. The summed E-state index contributed by atoms with van der Waals surface area (Å²) in [6, 6.07) is 6.80. The molecule has 2 bridgehead atoms. The maximum Gasteiger partial charge on any atom is 0.255 e. The quantitative estimate of drug-likeness (QED) is 0.516. The van der Waals surface area contributed by atoms with Gasteiger partial charge in [0.2, 0.25) is 0 Å². The molecule has 2 N–H and O–H groups in total. The fourth-order valence-corrected chi connectivity index (χ4v) is 5.36. The van der Waals surface area contributed by atoms with Gasteiger partial charge in [-0.15, -0.1) is 10.2 Å². The molecule has 0 spiro atoms. The van der Waals surface area contributed by atoms with Crippen LogP contribution in [0.15, 0.2) is 36.7 Å². The van der Waals surface area contributed by atoms with Gasteiger partial charge >= 0.3 is 0 Å². The van der Waals surface area contributed by atoms with E-state index in [1.165, 1.54) is 25.4 Å². The van der Waals surface area contributed by atoms with Crippen LogP contribution in [0.4, 0.5) is 14.6 Å². The van der Waals surface area contributed by atoms with E-state index in [-0.39, 0.29) is 35.4 Å². The van der Waals surface area contributed by atoms with E-state index in [0.29, 0.717) is 28.6 Å². The Kier molecular flexibility index (Phi) is 5.47. The van der Waals surface area contributed by atoms with Crippen LogP contribution in [0.3, 0.4) is 0 Å². The number of hydrogen-bond acceptors (Lipinski definition) is 8. The summed E-state index contributed by atoms with van der Waals surface area (Å²) in [5.41, 5.74) is 1.64. The molecule has 6 rings (SSSR count). The van der Waals surface area contributed by atoms with Crippen LogP contribution in [0.2, 0.25) is 0 Å².